The molecular formula is C23H28N4O4. The van der Waals surface area contributed by atoms with Crippen molar-refractivity contribution in [2.24, 2.45) is 5.73 Å². The number of rotatable bonds is 9. The Morgan fingerprint density at radius 3 is 2.26 bits per heavy atom. The van der Waals surface area contributed by atoms with E-state index in [4.69, 9.17) is 10.5 Å². The summed E-state index contributed by atoms with van der Waals surface area (Å²) in [6.07, 6.45) is 0.426. The number of nitrogens with zero attached hydrogens (tertiary/aromatic N) is 2. The van der Waals surface area contributed by atoms with Crippen LogP contribution in [0.2, 0.25) is 0 Å². The number of anilines is 1. The third-order valence-corrected chi connectivity index (χ3v) is 5.09. The quantitative estimate of drug-likeness (QED) is 0.624. The van der Waals surface area contributed by atoms with Gasteiger partial charge in [0.25, 0.3) is 5.91 Å². The highest BCUT2D eigenvalue weighted by molar-refractivity contribution is 5.80. The lowest BCUT2D eigenvalue weighted by atomic mass is 10.1. The molecule has 1 aliphatic rings. The minimum atomic E-state index is -0.402. The van der Waals surface area contributed by atoms with Crippen LogP contribution in [0.15, 0.2) is 54.6 Å². The van der Waals surface area contributed by atoms with Gasteiger partial charge in [-0.05, 0) is 29.8 Å². The Morgan fingerprint density at radius 2 is 1.61 bits per heavy atom. The molecule has 0 radical (unpaired) electrons. The lowest BCUT2D eigenvalue weighted by molar-refractivity contribution is -0.131. The molecule has 0 atom stereocenters. The molecule has 0 saturated carbocycles. The Hall–Kier alpha value is -3.55. The summed E-state index contributed by atoms with van der Waals surface area (Å²) >= 11 is 0. The van der Waals surface area contributed by atoms with Gasteiger partial charge in [-0.1, -0.05) is 30.3 Å². The van der Waals surface area contributed by atoms with Gasteiger partial charge >= 0.3 is 0 Å². The van der Waals surface area contributed by atoms with Crippen LogP contribution in [0, 0.1) is 0 Å². The Balaban J connectivity index is 1.31. The average Bonchev–Trinajstić information content (AvgIpc) is 2.79. The van der Waals surface area contributed by atoms with Gasteiger partial charge in [0.05, 0.1) is 6.42 Å². The summed E-state index contributed by atoms with van der Waals surface area (Å²) in [5.74, 6) is -0.127. The molecule has 1 heterocycles. The van der Waals surface area contributed by atoms with E-state index in [0.717, 1.165) is 18.7 Å². The second-order valence-corrected chi connectivity index (χ2v) is 7.38. The van der Waals surface area contributed by atoms with E-state index in [-0.39, 0.29) is 37.8 Å². The molecule has 0 aromatic heterocycles. The molecule has 1 aliphatic heterocycles. The van der Waals surface area contributed by atoms with Crippen LogP contribution in [-0.4, -0.2) is 62.0 Å². The largest absolute Gasteiger partial charge is 0.484 e. The van der Waals surface area contributed by atoms with Crippen molar-refractivity contribution >= 4 is 23.4 Å². The maximum absolute atomic E-state index is 12.4. The maximum Gasteiger partial charge on any atom is 0.257 e. The average molecular weight is 425 g/mol. The number of nitrogens with one attached hydrogen (secondary N) is 1. The molecule has 0 spiro atoms. The van der Waals surface area contributed by atoms with Crippen molar-refractivity contribution in [1.29, 1.82) is 0 Å². The number of hydrogen-bond acceptors (Lipinski definition) is 5. The summed E-state index contributed by atoms with van der Waals surface area (Å²) in [6.45, 7) is 3.09. The van der Waals surface area contributed by atoms with Crippen LogP contribution in [0.5, 0.6) is 5.75 Å². The van der Waals surface area contributed by atoms with Crippen molar-refractivity contribution in [1.82, 2.24) is 10.2 Å². The summed E-state index contributed by atoms with van der Waals surface area (Å²) in [7, 11) is 0. The molecule has 3 amide bonds. The highest BCUT2D eigenvalue weighted by Crippen LogP contribution is 2.16. The van der Waals surface area contributed by atoms with Crippen molar-refractivity contribution in [3.63, 3.8) is 0 Å². The smallest absolute Gasteiger partial charge is 0.257 e. The zero-order valence-electron chi connectivity index (χ0n) is 17.5. The fraction of sp³-hybridized carbons (Fsp3) is 0.348. The maximum atomic E-state index is 12.4. The number of carbonyl (C=O) groups is 3. The summed E-state index contributed by atoms with van der Waals surface area (Å²) < 4.78 is 5.43. The van der Waals surface area contributed by atoms with Gasteiger partial charge < -0.3 is 25.6 Å². The molecule has 164 valence electrons. The molecule has 2 aromatic carbocycles. The third kappa shape index (κ3) is 7.02. The highest BCUT2D eigenvalue weighted by Gasteiger charge is 2.21. The molecule has 8 heteroatoms. The Labute approximate surface area is 182 Å². The van der Waals surface area contributed by atoms with E-state index in [1.807, 2.05) is 23.1 Å². The van der Waals surface area contributed by atoms with E-state index in [9.17, 15) is 14.4 Å². The van der Waals surface area contributed by atoms with Gasteiger partial charge in [0.15, 0.2) is 6.61 Å². The van der Waals surface area contributed by atoms with Gasteiger partial charge in [-0.3, -0.25) is 14.4 Å². The van der Waals surface area contributed by atoms with Gasteiger partial charge in [-0.25, -0.2) is 0 Å². The summed E-state index contributed by atoms with van der Waals surface area (Å²) in [6, 6.07) is 17.0. The Bertz CT molecular complexity index is 878. The lowest BCUT2D eigenvalue weighted by Crippen LogP contribution is -2.49. The van der Waals surface area contributed by atoms with E-state index >= 15 is 0 Å². The van der Waals surface area contributed by atoms with Crippen LogP contribution in [0.3, 0.4) is 0 Å². The molecule has 2 aromatic rings. The van der Waals surface area contributed by atoms with Crippen LogP contribution in [0.1, 0.15) is 12.0 Å². The van der Waals surface area contributed by atoms with Gasteiger partial charge in [0, 0.05) is 44.8 Å². The van der Waals surface area contributed by atoms with E-state index in [0.29, 0.717) is 18.8 Å². The van der Waals surface area contributed by atoms with Gasteiger partial charge in [-0.15, -0.1) is 0 Å². The standard InChI is InChI=1S/C23H28N4O4/c24-21(28)16-18-6-8-20(9-7-18)31-17-22(29)25-11-10-23(30)27-14-12-26(13-15-27)19-4-2-1-3-5-19/h1-9H,10-17H2,(H2,24,28)(H,25,29). The first-order valence-electron chi connectivity index (χ1n) is 10.4. The Morgan fingerprint density at radius 1 is 0.935 bits per heavy atom. The number of amides is 3. The number of piperazine rings is 1. The van der Waals surface area contributed by atoms with Crippen molar-refractivity contribution < 1.29 is 19.1 Å². The molecule has 3 N–H and O–H groups in total. The summed E-state index contributed by atoms with van der Waals surface area (Å²) in [5, 5.41) is 2.71. The third-order valence-electron chi connectivity index (χ3n) is 5.09. The van der Waals surface area contributed by atoms with Crippen LogP contribution < -0.4 is 20.7 Å². The second-order valence-electron chi connectivity index (χ2n) is 7.38. The molecule has 31 heavy (non-hydrogen) atoms. The predicted molar refractivity (Wildman–Crippen MR) is 118 cm³/mol. The number of nitrogens with two attached hydrogens (primary N) is 1. The van der Waals surface area contributed by atoms with Crippen LogP contribution in [-0.2, 0) is 20.8 Å². The minimum Gasteiger partial charge on any atom is -0.484 e. The van der Waals surface area contributed by atoms with Crippen LogP contribution in [0.25, 0.3) is 0 Å². The van der Waals surface area contributed by atoms with E-state index in [1.54, 1.807) is 24.3 Å². The van der Waals surface area contributed by atoms with E-state index in [2.05, 4.69) is 22.3 Å². The number of carbonyl (C=O) groups excluding carboxylic acids is 3. The van der Waals surface area contributed by atoms with E-state index in [1.165, 1.54) is 5.69 Å². The number of benzene rings is 2. The second kappa shape index (κ2) is 11.0. The van der Waals surface area contributed by atoms with Gasteiger partial charge in [-0.2, -0.15) is 0 Å². The number of para-hydroxylation sites is 1. The summed E-state index contributed by atoms with van der Waals surface area (Å²) in [5.41, 5.74) is 7.11. The Kier molecular flexibility index (Phi) is 7.86. The zero-order valence-corrected chi connectivity index (χ0v) is 17.5. The fourth-order valence-corrected chi connectivity index (χ4v) is 3.42. The fourth-order valence-electron chi connectivity index (χ4n) is 3.42. The van der Waals surface area contributed by atoms with Crippen LogP contribution >= 0.6 is 0 Å². The first-order chi connectivity index (χ1) is 15.0. The molecule has 8 nitrogen and oxygen atoms in total. The van der Waals surface area contributed by atoms with Gasteiger partial charge in [0.1, 0.15) is 5.75 Å². The molecule has 1 saturated heterocycles. The first-order valence-corrected chi connectivity index (χ1v) is 10.4. The zero-order chi connectivity index (χ0) is 22.1. The molecule has 3 rings (SSSR count). The topological polar surface area (TPSA) is 105 Å². The monoisotopic (exact) mass is 424 g/mol. The summed E-state index contributed by atoms with van der Waals surface area (Å²) in [4.78, 5) is 39.4. The highest BCUT2D eigenvalue weighted by atomic mass is 16.5. The van der Waals surface area contributed by atoms with Crippen molar-refractivity contribution in [3.8, 4) is 5.75 Å². The molecule has 0 bridgehead atoms. The van der Waals surface area contributed by atoms with Crippen molar-refractivity contribution in [2.45, 2.75) is 12.8 Å². The SMILES string of the molecule is NC(=O)Cc1ccc(OCC(=O)NCCC(=O)N2CCN(c3ccccc3)CC2)cc1. The van der Waals surface area contributed by atoms with Gasteiger partial charge in [0.2, 0.25) is 11.8 Å². The number of primary amides is 1. The van der Waals surface area contributed by atoms with Crippen molar-refractivity contribution in [2.75, 3.05) is 44.2 Å². The molecular weight excluding hydrogens is 396 g/mol. The van der Waals surface area contributed by atoms with Crippen molar-refractivity contribution in [3.05, 3.63) is 60.2 Å². The van der Waals surface area contributed by atoms with Crippen LogP contribution in [0.4, 0.5) is 5.69 Å². The molecule has 0 aliphatic carbocycles. The predicted octanol–water partition coefficient (Wildman–Crippen LogP) is 0.948. The lowest BCUT2D eigenvalue weighted by Gasteiger charge is -2.36. The normalized spacial score (nSPS) is 13.5. The molecule has 1 fully saturated rings. The molecule has 0 unspecified atom stereocenters. The van der Waals surface area contributed by atoms with E-state index < -0.39 is 5.91 Å². The number of ether oxygens (including phenoxy) is 1. The minimum absolute atomic E-state index is 0.0407. The number of hydrogen-bond donors (Lipinski definition) is 2. The first kappa shape index (κ1) is 22.1.